The Morgan fingerprint density at radius 1 is 1.33 bits per heavy atom. The minimum absolute atomic E-state index is 0.0803. The zero-order chi connectivity index (χ0) is 11.3. The molecule has 1 aromatic rings. The van der Waals surface area contributed by atoms with E-state index in [9.17, 15) is 0 Å². The van der Waals surface area contributed by atoms with Crippen LogP contribution in [0.2, 0.25) is 0 Å². The van der Waals surface area contributed by atoms with Crippen LogP contribution in [0.15, 0.2) is 18.2 Å². The van der Waals surface area contributed by atoms with Gasteiger partial charge in [-0.05, 0) is 5.56 Å². The molecular formula is C12H18O3. The number of para-hydroxylation sites is 1. The lowest BCUT2D eigenvalue weighted by Gasteiger charge is -2.16. The average molecular weight is 210 g/mol. The highest BCUT2D eigenvalue weighted by Gasteiger charge is 2.13. The fraction of sp³-hybridized carbons (Fsp3) is 0.500. The number of methoxy groups -OCH3 is 2. The van der Waals surface area contributed by atoms with Crippen molar-refractivity contribution in [2.24, 2.45) is 0 Å². The summed E-state index contributed by atoms with van der Waals surface area (Å²) in [5.41, 5.74) is 2.03. The van der Waals surface area contributed by atoms with Crippen LogP contribution in [-0.2, 0) is 11.3 Å². The molecule has 84 valence electrons. The number of rotatable bonds is 5. The van der Waals surface area contributed by atoms with Gasteiger partial charge in [0.2, 0.25) is 0 Å². The molecule has 0 aliphatic carbocycles. The molecule has 0 aliphatic heterocycles. The van der Waals surface area contributed by atoms with Crippen LogP contribution in [0.25, 0.3) is 0 Å². The molecule has 1 atom stereocenters. The first-order valence-electron chi connectivity index (χ1n) is 5.00. The van der Waals surface area contributed by atoms with E-state index in [0.29, 0.717) is 6.61 Å². The van der Waals surface area contributed by atoms with E-state index in [1.54, 1.807) is 14.2 Å². The van der Waals surface area contributed by atoms with Crippen molar-refractivity contribution in [2.45, 2.75) is 19.4 Å². The third-order valence-electron chi connectivity index (χ3n) is 2.44. The zero-order valence-corrected chi connectivity index (χ0v) is 9.49. The van der Waals surface area contributed by atoms with E-state index in [1.165, 1.54) is 0 Å². The van der Waals surface area contributed by atoms with E-state index in [0.717, 1.165) is 16.9 Å². The predicted octanol–water partition coefficient (Wildman–Crippen LogP) is 1.94. The Morgan fingerprint density at radius 3 is 2.60 bits per heavy atom. The Balaban J connectivity index is 3.09. The minimum atomic E-state index is 0.0803. The molecule has 0 amide bonds. The molecule has 0 aliphatic rings. The van der Waals surface area contributed by atoms with Crippen molar-refractivity contribution >= 4 is 0 Å². The van der Waals surface area contributed by atoms with Gasteiger partial charge in [0.05, 0.1) is 13.7 Å². The second-order valence-corrected chi connectivity index (χ2v) is 3.56. The van der Waals surface area contributed by atoms with Crippen molar-refractivity contribution in [1.29, 1.82) is 0 Å². The Hall–Kier alpha value is -1.06. The summed E-state index contributed by atoms with van der Waals surface area (Å²) in [5.74, 6) is 0.901. The van der Waals surface area contributed by atoms with Crippen molar-refractivity contribution in [3.63, 3.8) is 0 Å². The molecule has 1 aromatic carbocycles. The van der Waals surface area contributed by atoms with Gasteiger partial charge in [0.15, 0.2) is 0 Å². The molecule has 0 fully saturated rings. The van der Waals surface area contributed by atoms with Gasteiger partial charge in [-0.3, -0.25) is 0 Å². The Bertz CT molecular complexity index is 310. The largest absolute Gasteiger partial charge is 0.496 e. The summed E-state index contributed by atoms with van der Waals surface area (Å²) in [6, 6.07) is 5.90. The van der Waals surface area contributed by atoms with Gasteiger partial charge < -0.3 is 14.6 Å². The minimum Gasteiger partial charge on any atom is -0.496 e. The van der Waals surface area contributed by atoms with E-state index in [-0.39, 0.29) is 12.5 Å². The quantitative estimate of drug-likeness (QED) is 0.807. The molecule has 0 aromatic heterocycles. The molecule has 1 unspecified atom stereocenters. The Kier molecular flexibility index (Phi) is 4.59. The van der Waals surface area contributed by atoms with E-state index >= 15 is 0 Å². The predicted molar refractivity (Wildman–Crippen MR) is 59.2 cm³/mol. The molecule has 0 saturated carbocycles. The van der Waals surface area contributed by atoms with Crippen LogP contribution in [0.5, 0.6) is 5.75 Å². The highest BCUT2D eigenvalue weighted by atomic mass is 16.5. The van der Waals surface area contributed by atoms with E-state index in [4.69, 9.17) is 14.6 Å². The number of hydrogen-bond acceptors (Lipinski definition) is 3. The Labute approximate surface area is 90.6 Å². The van der Waals surface area contributed by atoms with Gasteiger partial charge in [-0.15, -0.1) is 0 Å². The lowest BCUT2D eigenvalue weighted by molar-refractivity contribution is 0.181. The topological polar surface area (TPSA) is 38.7 Å². The molecule has 0 spiro atoms. The van der Waals surface area contributed by atoms with Crippen LogP contribution in [-0.4, -0.2) is 25.9 Å². The molecular weight excluding hydrogens is 192 g/mol. The van der Waals surface area contributed by atoms with Crippen molar-refractivity contribution in [2.75, 3.05) is 20.8 Å². The molecule has 0 heterocycles. The van der Waals surface area contributed by atoms with Crippen molar-refractivity contribution in [1.82, 2.24) is 0 Å². The van der Waals surface area contributed by atoms with Gasteiger partial charge in [-0.25, -0.2) is 0 Å². The second kappa shape index (κ2) is 5.73. The van der Waals surface area contributed by atoms with Gasteiger partial charge in [-0.2, -0.15) is 0 Å². The van der Waals surface area contributed by atoms with Crippen LogP contribution in [0.4, 0.5) is 0 Å². The monoisotopic (exact) mass is 210 g/mol. The SMILES string of the molecule is COCc1cccc(C(C)CO)c1OC. The standard InChI is InChI=1S/C12H18O3/c1-9(7-13)11-6-4-5-10(8-14-2)12(11)15-3/h4-6,9,13H,7-8H2,1-3H3. The molecule has 3 heteroatoms. The molecule has 0 saturated heterocycles. The van der Waals surface area contributed by atoms with Crippen LogP contribution in [0.1, 0.15) is 24.0 Å². The van der Waals surface area contributed by atoms with Crippen molar-refractivity contribution in [3.05, 3.63) is 29.3 Å². The molecule has 0 bridgehead atoms. The number of hydrogen-bond donors (Lipinski definition) is 1. The maximum atomic E-state index is 9.14. The fourth-order valence-corrected chi connectivity index (χ4v) is 1.61. The van der Waals surface area contributed by atoms with Gasteiger partial charge in [0.25, 0.3) is 0 Å². The highest BCUT2D eigenvalue weighted by Crippen LogP contribution is 2.30. The summed E-state index contributed by atoms with van der Waals surface area (Å²) in [5, 5.41) is 9.14. The number of benzene rings is 1. The van der Waals surface area contributed by atoms with E-state index in [2.05, 4.69) is 0 Å². The van der Waals surface area contributed by atoms with Gasteiger partial charge in [-0.1, -0.05) is 25.1 Å². The maximum absolute atomic E-state index is 9.14. The van der Waals surface area contributed by atoms with Crippen LogP contribution in [0, 0.1) is 0 Å². The summed E-state index contributed by atoms with van der Waals surface area (Å²) >= 11 is 0. The van der Waals surface area contributed by atoms with Gasteiger partial charge in [0.1, 0.15) is 5.75 Å². The van der Waals surface area contributed by atoms with Gasteiger partial charge >= 0.3 is 0 Å². The number of ether oxygens (including phenoxy) is 2. The average Bonchev–Trinajstić information content (AvgIpc) is 2.28. The van der Waals surface area contributed by atoms with E-state index in [1.807, 2.05) is 25.1 Å². The summed E-state index contributed by atoms with van der Waals surface area (Å²) in [6.07, 6.45) is 0. The normalized spacial score (nSPS) is 12.5. The smallest absolute Gasteiger partial charge is 0.127 e. The first kappa shape index (κ1) is 12.0. The van der Waals surface area contributed by atoms with E-state index < -0.39 is 0 Å². The lowest BCUT2D eigenvalue weighted by atomic mass is 9.98. The molecule has 3 nitrogen and oxygen atoms in total. The maximum Gasteiger partial charge on any atom is 0.127 e. The summed E-state index contributed by atoms with van der Waals surface area (Å²) in [7, 11) is 3.30. The lowest BCUT2D eigenvalue weighted by Crippen LogP contribution is -2.04. The number of aliphatic hydroxyl groups is 1. The van der Waals surface area contributed by atoms with Crippen LogP contribution in [0.3, 0.4) is 0 Å². The van der Waals surface area contributed by atoms with Crippen LogP contribution >= 0.6 is 0 Å². The molecule has 0 radical (unpaired) electrons. The van der Waals surface area contributed by atoms with Gasteiger partial charge in [0, 0.05) is 25.2 Å². The molecule has 1 rings (SSSR count). The first-order chi connectivity index (χ1) is 7.24. The summed E-state index contributed by atoms with van der Waals surface area (Å²) < 4.78 is 10.5. The summed E-state index contributed by atoms with van der Waals surface area (Å²) in [4.78, 5) is 0. The zero-order valence-electron chi connectivity index (χ0n) is 9.49. The third-order valence-corrected chi connectivity index (χ3v) is 2.44. The van der Waals surface area contributed by atoms with Crippen molar-refractivity contribution in [3.8, 4) is 5.75 Å². The van der Waals surface area contributed by atoms with Crippen LogP contribution < -0.4 is 4.74 Å². The molecule has 1 N–H and O–H groups in total. The summed E-state index contributed by atoms with van der Waals surface area (Å²) in [6.45, 7) is 2.61. The Morgan fingerprint density at radius 2 is 2.07 bits per heavy atom. The third kappa shape index (κ3) is 2.70. The fourth-order valence-electron chi connectivity index (χ4n) is 1.61. The molecule has 15 heavy (non-hydrogen) atoms. The number of aliphatic hydroxyl groups excluding tert-OH is 1. The van der Waals surface area contributed by atoms with Crippen molar-refractivity contribution < 1.29 is 14.6 Å². The highest BCUT2D eigenvalue weighted by molar-refractivity contribution is 5.43. The first-order valence-corrected chi connectivity index (χ1v) is 5.00. The second-order valence-electron chi connectivity index (χ2n) is 3.56.